The normalized spacial score (nSPS) is 15.1. The first kappa shape index (κ1) is 12.0. The van der Waals surface area contributed by atoms with Crippen LogP contribution < -0.4 is 5.43 Å². The van der Waals surface area contributed by atoms with E-state index >= 15 is 0 Å². The van der Waals surface area contributed by atoms with E-state index in [-0.39, 0.29) is 11.3 Å². The second kappa shape index (κ2) is 4.53. The van der Waals surface area contributed by atoms with Crippen LogP contribution in [0.2, 0.25) is 0 Å². The van der Waals surface area contributed by atoms with Crippen molar-refractivity contribution in [3.63, 3.8) is 0 Å². The standard InChI is InChI=1S/C15H16N2O2/c1-10-5-4-6-11-14(10)13(18)9-12(16-11)15(19)17-7-2-3-8-17/h4-6,9H,2-3,7-8H2,1H3,(H,16,18). The first-order valence-electron chi connectivity index (χ1n) is 6.59. The van der Waals surface area contributed by atoms with Gasteiger partial charge in [0.2, 0.25) is 0 Å². The second-order valence-electron chi connectivity index (χ2n) is 5.04. The molecule has 0 unspecified atom stereocenters. The maximum atomic E-state index is 12.3. The first-order chi connectivity index (χ1) is 9.16. The molecule has 0 spiro atoms. The van der Waals surface area contributed by atoms with Gasteiger partial charge in [0.25, 0.3) is 5.91 Å². The van der Waals surface area contributed by atoms with Gasteiger partial charge in [-0.05, 0) is 31.4 Å². The fourth-order valence-electron chi connectivity index (χ4n) is 2.69. The summed E-state index contributed by atoms with van der Waals surface area (Å²) in [6.07, 6.45) is 2.09. The number of rotatable bonds is 1. The zero-order chi connectivity index (χ0) is 13.4. The van der Waals surface area contributed by atoms with Gasteiger partial charge in [-0.1, -0.05) is 12.1 Å². The van der Waals surface area contributed by atoms with Gasteiger partial charge >= 0.3 is 0 Å². The van der Waals surface area contributed by atoms with Crippen LogP contribution in [0, 0.1) is 6.92 Å². The Morgan fingerprint density at radius 3 is 2.74 bits per heavy atom. The topological polar surface area (TPSA) is 53.2 Å². The van der Waals surface area contributed by atoms with Crippen LogP contribution in [0.1, 0.15) is 28.9 Å². The van der Waals surface area contributed by atoms with E-state index in [0.29, 0.717) is 11.1 Å². The highest BCUT2D eigenvalue weighted by Gasteiger charge is 2.20. The fourth-order valence-corrected chi connectivity index (χ4v) is 2.69. The largest absolute Gasteiger partial charge is 0.350 e. The Labute approximate surface area is 111 Å². The van der Waals surface area contributed by atoms with Gasteiger partial charge in [0, 0.05) is 24.5 Å². The molecule has 1 aromatic heterocycles. The monoisotopic (exact) mass is 256 g/mol. The quantitative estimate of drug-likeness (QED) is 0.849. The Morgan fingerprint density at radius 1 is 1.26 bits per heavy atom. The molecule has 19 heavy (non-hydrogen) atoms. The molecule has 3 rings (SSSR count). The van der Waals surface area contributed by atoms with E-state index in [1.54, 1.807) is 4.90 Å². The molecule has 2 heterocycles. The number of likely N-dealkylation sites (tertiary alicyclic amines) is 1. The summed E-state index contributed by atoms with van der Waals surface area (Å²) in [5.74, 6) is -0.0713. The summed E-state index contributed by atoms with van der Waals surface area (Å²) >= 11 is 0. The summed E-state index contributed by atoms with van der Waals surface area (Å²) in [7, 11) is 0. The zero-order valence-electron chi connectivity index (χ0n) is 10.9. The average Bonchev–Trinajstić information content (AvgIpc) is 2.91. The van der Waals surface area contributed by atoms with Crippen LogP contribution in [0.5, 0.6) is 0 Å². The Bertz CT molecular complexity index is 697. The third-order valence-corrected chi connectivity index (χ3v) is 3.69. The fraction of sp³-hybridized carbons (Fsp3) is 0.333. The van der Waals surface area contributed by atoms with Crippen LogP contribution in [0.4, 0.5) is 0 Å². The van der Waals surface area contributed by atoms with Gasteiger partial charge in [0.1, 0.15) is 5.69 Å². The van der Waals surface area contributed by atoms with Crippen molar-refractivity contribution in [1.82, 2.24) is 9.88 Å². The number of H-pyrrole nitrogens is 1. The van der Waals surface area contributed by atoms with Crippen molar-refractivity contribution in [2.45, 2.75) is 19.8 Å². The van der Waals surface area contributed by atoms with E-state index < -0.39 is 0 Å². The van der Waals surface area contributed by atoms with Crippen molar-refractivity contribution in [3.05, 3.63) is 45.7 Å². The number of pyridine rings is 1. The van der Waals surface area contributed by atoms with Gasteiger partial charge in [-0.3, -0.25) is 9.59 Å². The van der Waals surface area contributed by atoms with Crippen molar-refractivity contribution in [2.24, 2.45) is 0 Å². The molecule has 2 aromatic rings. The Hall–Kier alpha value is -2.10. The van der Waals surface area contributed by atoms with Gasteiger partial charge in [-0.2, -0.15) is 0 Å². The van der Waals surface area contributed by atoms with Crippen LogP contribution >= 0.6 is 0 Å². The number of carbonyl (C=O) groups is 1. The average molecular weight is 256 g/mol. The van der Waals surface area contributed by atoms with Crippen molar-refractivity contribution in [2.75, 3.05) is 13.1 Å². The first-order valence-corrected chi connectivity index (χ1v) is 6.59. The summed E-state index contributed by atoms with van der Waals surface area (Å²) in [5, 5.41) is 0.667. The highest BCUT2D eigenvalue weighted by atomic mass is 16.2. The lowest BCUT2D eigenvalue weighted by molar-refractivity contribution is 0.0787. The molecular formula is C15H16N2O2. The maximum Gasteiger partial charge on any atom is 0.270 e. The summed E-state index contributed by atoms with van der Waals surface area (Å²) in [5.41, 5.74) is 1.97. The molecule has 1 saturated heterocycles. The molecular weight excluding hydrogens is 240 g/mol. The lowest BCUT2D eigenvalue weighted by Crippen LogP contribution is -2.29. The number of amides is 1. The zero-order valence-corrected chi connectivity index (χ0v) is 10.9. The predicted octanol–water partition coefficient (Wildman–Crippen LogP) is 2.07. The molecule has 98 valence electrons. The summed E-state index contributed by atoms with van der Waals surface area (Å²) in [6, 6.07) is 7.05. The van der Waals surface area contributed by atoms with Gasteiger partial charge in [0.15, 0.2) is 5.43 Å². The van der Waals surface area contributed by atoms with E-state index in [0.717, 1.165) is 37.0 Å². The number of nitrogens with zero attached hydrogens (tertiary/aromatic N) is 1. The molecule has 1 amide bonds. The number of nitrogens with one attached hydrogen (secondary N) is 1. The molecule has 0 bridgehead atoms. The number of aromatic amines is 1. The van der Waals surface area contributed by atoms with Gasteiger partial charge < -0.3 is 9.88 Å². The molecule has 1 fully saturated rings. The highest BCUT2D eigenvalue weighted by Crippen LogP contribution is 2.15. The molecule has 0 radical (unpaired) electrons. The van der Waals surface area contributed by atoms with E-state index in [9.17, 15) is 9.59 Å². The molecule has 1 aromatic carbocycles. The van der Waals surface area contributed by atoms with Gasteiger partial charge in [-0.25, -0.2) is 0 Å². The molecule has 0 saturated carbocycles. The van der Waals surface area contributed by atoms with Crippen LogP contribution in [-0.2, 0) is 0 Å². The minimum atomic E-state index is -0.0885. The Kier molecular flexibility index (Phi) is 2.85. The molecule has 4 nitrogen and oxygen atoms in total. The van der Waals surface area contributed by atoms with E-state index in [1.807, 2.05) is 25.1 Å². The number of fused-ring (bicyclic) bond motifs is 1. The lowest BCUT2D eigenvalue weighted by Gasteiger charge is -2.15. The van der Waals surface area contributed by atoms with Gasteiger partial charge in [0.05, 0.1) is 5.52 Å². The highest BCUT2D eigenvalue weighted by molar-refractivity contribution is 5.95. The molecule has 1 aliphatic heterocycles. The van der Waals surface area contributed by atoms with E-state index in [4.69, 9.17) is 0 Å². The molecule has 1 N–H and O–H groups in total. The van der Waals surface area contributed by atoms with Crippen molar-refractivity contribution in [1.29, 1.82) is 0 Å². The Balaban J connectivity index is 2.11. The van der Waals surface area contributed by atoms with Crippen molar-refractivity contribution < 1.29 is 4.79 Å². The molecule has 0 atom stereocenters. The van der Waals surface area contributed by atoms with E-state index in [2.05, 4.69) is 4.98 Å². The summed E-state index contributed by atoms with van der Waals surface area (Å²) in [4.78, 5) is 29.3. The third-order valence-electron chi connectivity index (χ3n) is 3.69. The maximum absolute atomic E-state index is 12.3. The number of benzene rings is 1. The molecule has 1 aliphatic rings. The second-order valence-corrected chi connectivity index (χ2v) is 5.04. The number of aromatic nitrogens is 1. The van der Waals surface area contributed by atoms with Crippen LogP contribution in [-0.4, -0.2) is 28.9 Å². The summed E-state index contributed by atoms with van der Waals surface area (Å²) < 4.78 is 0. The number of hydrogen-bond acceptors (Lipinski definition) is 2. The van der Waals surface area contributed by atoms with Crippen LogP contribution in [0.25, 0.3) is 10.9 Å². The smallest absolute Gasteiger partial charge is 0.270 e. The van der Waals surface area contributed by atoms with Crippen LogP contribution in [0.15, 0.2) is 29.1 Å². The molecule has 4 heteroatoms. The third kappa shape index (κ3) is 2.03. The SMILES string of the molecule is Cc1cccc2[nH]c(C(=O)N3CCCC3)cc(=O)c12. The number of hydrogen-bond donors (Lipinski definition) is 1. The predicted molar refractivity (Wildman–Crippen MR) is 74.4 cm³/mol. The minimum Gasteiger partial charge on any atom is -0.350 e. The number of carbonyl (C=O) groups excluding carboxylic acids is 1. The van der Waals surface area contributed by atoms with E-state index in [1.165, 1.54) is 6.07 Å². The minimum absolute atomic E-state index is 0.0713. The number of aryl methyl sites for hydroxylation is 1. The molecule has 0 aliphatic carbocycles. The summed E-state index contributed by atoms with van der Waals surface area (Å²) in [6.45, 7) is 3.47. The van der Waals surface area contributed by atoms with Crippen LogP contribution in [0.3, 0.4) is 0 Å². The van der Waals surface area contributed by atoms with Gasteiger partial charge in [-0.15, -0.1) is 0 Å². The van der Waals surface area contributed by atoms with Crippen molar-refractivity contribution >= 4 is 16.8 Å². The Morgan fingerprint density at radius 2 is 2.00 bits per heavy atom. The lowest BCUT2D eigenvalue weighted by atomic mass is 10.1. The van der Waals surface area contributed by atoms with Crippen molar-refractivity contribution in [3.8, 4) is 0 Å².